The second-order valence-electron chi connectivity index (χ2n) is 3.74. The largest absolute Gasteiger partial charge is 0.392 e. The van der Waals surface area contributed by atoms with Crippen LogP contribution in [0.3, 0.4) is 0 Å². The molecular weight excluding hydrogens is 203 g/mol. The van der Waals surface area contributed by atoms with Gasteiger partial charge in [0, 0.05) is 10.6 Å². The third-order valence-electron chi connectivity index (χ3n) is 2.91. The van der Waals surface area contributed by atoms with Crippen LogP contribution in [-0.2, 0) is 12.3 Å². The van der Waals surface area contributed by atoms with Crippen LogP contribution in [-0.4, -0.2) is 5.11 Å². The van der Waals surface area contributed by atoms with Gasteiger partial charge >= 0.3 is 0 Å². The number of hydrogen-bond donors (Lipinski definition) is 1. The number of alkyl halides is 1. The minimum atomic E-state index is -1.25. The topological polar surface area (TPSA) is 20.2 Å². The van der Waals surface area contributed by atoms with E-state index in [0.717, 1.165) is 6.42 Å². The molecule has 1 saturated carbocycles. The van der Waals surface area contributed by atoms with Gasteiger partial charge in [0.25, 0.3) is 0 Å². The van der Waals surface area contributed by atoms with Gasteiger partial charge in [0.05, 0.1) is 6.61 Å². The van der Waals surface area contributed by atoms with E-state index in [1.165, 1.54) is 0 Å². The molecule has 3 heteroatoms. The minimum Gasteiger partial charge on any atom is -0.392 e. The third-order valence-corrected chi connectivity index (χ3v) is 3.26. The summed E-state index contributed by atoms with van der Waals surface area (Å²) in [4.78, 5) is 0. The summed E-state index contributed by atoms with van der Waals surface area (Å²) in [5, 5.41) is 9.58. The van der Waals surface area contributed by atoms with Crippen LogP contribution in [0.5, 0.6) is 0 Å². The van der Waals surface area contributed by atoms with Crippen LogP contribution >= 0.6 is 11.6 Å². The summed E-state index contributed by atoms with van der Waals surface area (Å²) in [6, 6.07) is 5.13. The molecule has 0 aliphatic heterocycles. The van der Waals surface area contributed by atoms with E-state index in [1.54, 1.807) is 18.2 Å². The SMILES string of the molecule is OCc1c(Cl)cccc1C1(F)CCC1. The lowest BCUT2D eigenvalue weighted by atomic mass is 9.75. The first kappa shape index (κ1) is 9.94. The maximum atomic E-state index is 14.1. The highest BCUT2D eigenvalue weighted by molar-refractivity contribution is 6.31. The predicted molar refractivity (Wildman–Crippen MR) is 54.0 cm³/mol. The molecule has 1 N–H and O–H groups in total. The van der Waals surface area contributed by atoms with Gasteiger partial charge in [0.1, 0.15) is 5.67 Å². The molecule has 1 aromatic rings. The number of hydrogen-bond acceptors (Lipinski definition) is 1. The molecule has 76 valence electrons. The Morgan fingerprint density at radius 3 is 2.64 bits per heavy atom. The highest BCUT2D eigenvalue weighted by Gasteiger charge is 2.40. The van der Waals surface area contributed by atoms with E-state index in [0.29, 0.717) is 29.0 Å². The Balaban J connectivity index is 2.46. The predicted octanol–water partition coefficient (Wildman–Crippen LogP) is 3.18. The first-order chi connectivity index (χ1) is 6.67. The number of rotatable bonds is 2. The van der Waals surface area contributed by atoms with Gasteiger partial charge in [-0.2, -0.15) is 0 Å². The Hall–Kier alpha value is -0.600. The van der Waals surface area contributed by atoms with Gasteiger partial charge in [-0.15, -0.1) is 0 Å². The molecule has 0 heterocycles. The van der Waals surface area contributed by atoms with Crippen molar-refractivity contribution in [1.29, 1.82) is 0 Å². The van der Waals surface area contributed by atoms with Crippen molar-refractivity contribution in [3.8, 4) is 0 Å². The molecule has 0 aromatic heterocycles. The summed E-state index contributed by atoms with van der Waals surface area (Å²) in [7, 11) is 0. The number of aliphatic hydroxyl groups is 1. The van der Waals surface area contributed by atoms with Crippen molar-refractivity contribution in [1.82, 2.24) is 0 Å². The summed E-state index contributed by atoms with van der Waals surface area (Å²) in [5.74, 6) is 0. The highest BCUT2D eigenvalue weighted by atomic mass is 35.5. The molecule has 0 amide bonds. The minimum absolute atomic E-state index is 0.194. The molecule has 0 unspecified atom stereocenters. The van der Waals surface area contributed by atoms with Crippen molar-refractivity contribution in [3.05, 3.63) is 34.3 Å². The molecule has 0 radical (unpaired) electrons. The maximum Gasteiger partial charge on any atom is 0.136 e. The van der Waals surface area contributed by atoms with Gasteiger partial charge in [-0.05, 0) is 30.9 Å². The van der Waals surface area contributed by atoms with E-state index in [-0.39, 0.29) is 6.61 Å². The molecule has 0 bridgehead atoms. The smallest absolute Gasteiger partial charge is 0.136 e. The van der Waals surface area contributed by atoms with Crippen LogP contribution in [0.15, 0.2) is 18.2 Å². The first-order valence-corrected chi connectivity index (χ1v) is 5.13. The molecule has 14 heavy (non-hydrogen) atoms. The summed E-state index contributed by atoms with van der Waals surface area (Å²) in [6.07, 6.45) is 1.99. The number of halogens is 2. The van der Waals surface area contributed by atoms with Gasteiger partial charge < -0.3 is 5.11 Å². The van der Waals surface area contributed by atoms with E-state index >= 15 is 0 Å². The van der Waals surface area contributed by atoms with E-state index < -0.39 is 5.67 Å². The van der Waals surface area contributed by atoms with Crippen molar-refractivity contribution < 1.29 is 9.50 Å². The van der Waals surface area contributed by atoms with Gasteiger partial charge in [0.2, 0.25) is 0 Å². The molecule has 1 fully saturated rings. The third kappa shape index (κ3) is 1.43. The zero-order valence-corrected chi connectivity index (χ0v) is 8.52. The molecule has 0 atom stereocenters. The molecule has 1 aliphatic rings. The summed E-state index contributed by atoms with van der Waals surface area (Å²) < 4.78 is 14.1. The first-order valence-electron chi connectivity index (χ1n) is 4.75. The van der Waals surface area contributed by atoms with Crippen LogP contribution in [0.25, 0.3) is 0 Å². The second kappa shape index (κ2) is 3.52. The molecular formula is C11H12ClFO. The lowest BCUT2D eigenvalue weighted by Gasteiger charge is -2.35. The molecule has 1 aromatic carbocycles. The van der Waals surface area contributed by atoms with Crippen molar-refractivity contribution >= 4 is 11.6 Å². The molecule has 1 aliphatic carbocycles. The fourth-order valence-electron chi connectivity index (χ4n) is 1.90. The van der Waals surface area contributed by atoms with Crippen molar-refractivity contribution in [2.75, 3.05) is 0 Å². The van der Waals surface area contributed by atoms with Crippen molar-refractivity contribution in [2.24, 2.45) is 0 Å². The Labute approximate surface area is 87.5 Å². The van der Waals surface area contributed by atoms with Crippen LogP contribution in [0.2, 0.25) is 5.02 Å². The number of aliphatic hydroxyl groups excluding tert-OH is 1. The van der Waals surface area contributed by atoms with Gasteiger partial charge in [-0.1, -0.05) is 23.7 Å². The average Bonchev–Trinajstić information content (AvgIpc) is 2.14. The number of benzene rings is 1. The zero-order chi connectivity index (χ0) is 10.2. The normalized spacial score (nSPS) is 19.1. The van der Waals surface area contributed by atoms with E-state index in [1.807, 2.05) is 0 Å². The summed E-state index contributed by atoms with van der Waals surface area (Å²) in [5.41, 5.74) is -0.140. The quantitative estimate of drug-likeness (QED) is 0.802. The monoisotopic (exact) mass is 214 g/mol. The van der Waals surface area contributed by atoms with E-state index in [9.17, 15) is 4.39 Å². The van der Waals surface area contributed by atoms with Crippen LogP contribution in [0.4, 0.5) is 4.39 Å². The van der Waals surface area contributed by atoms with Crippen LogP contribution < -0.4 is 0 Å². The Morgan fingerprint density at radius 2 is 2.14 bits per heavy atom. The molecule has 0 spiro atoms. The molecule has 0 saturated heterocycles. The fraction of sp³-hybridized carbons (Fsp3) is 0.455. The van der Waals surface area contributed by atoms with Crippen LogP contribution in [0, 0.1) is 0 Å². The Kier molecular flexibility index (Phi) is 2.50. The standard InChI is InChI=1S/C11H12ClFO/c12-10-4-1-3-9(8(10)7-14)11(13)5-2-6-11/h1,3-4,14H,2,5-7H2. The maximum absolute atomic E-state index is 14.1. The van der Waals surface area contributed by atoms with Crippen molar-refractivity contribution in [2.45, 2.75) is 31.5 Å². The summed E-state index contributed by atoms with van der Waals surface area (Å²) in [6.45, 7) is -0.194. The summed E-state index contributed by atoms with van der Waals surface area (Å²) >= 11 is 5.89. The average molecular weight is 215 g/mol. The van der Waals surface area contributed by atoms with Crippen LogP contribution in [0.1, 0.15) is 30.4 Å². The molecule has 1 nitrogen and oxygen atoms in total. The van der Waals surface area contributed by atoms with Gasteiger partial charge in [0.15, 0.2) is 0 Å². The van der Waals surface area contributed by atoms with Gasteiger partial charge in [-0.25, -0.2) is 4.39 Å². The Morgan fingerprint density at radius 1 is 1.43 bits per heavy atom. The van der Waals surface area contributed by atoms with Gasteiger partial charge in [-0.3, -0.25) is 0 Å². The zero-order valence-electron chi connectivity index (χ0n) is 7.76. The lowest BCUT2D eigenvalue weighted by Crippen LogP contribution is -2.30. The Bertz CT molecular complexity index is 347. The fourth-order valence-corrected chi connectivity index (χ4v) is 2.13. The van der Waals surface area contributed by atoms with E-state index in [2.05, 4.69) is 0 Å². The van der Waals surface area contributed by atoms with E-state index in [4.69, 9.17) is 16.7 Å². The highest BCUT2D eigenvalue weighted by Crippen LogP contribution is 2.47. The van der Waals surface area contributed by atoms with Crippen molar-refractivity contribution in [3.63, 3.8) is 0 Å². The molecule has 2 rings (SSSR count). The lowest BCUT2D eigenvalue weighted by molar-refractivity contribution is 0.0584. The second-order valence-corrected chi connectivity index (χ2v) is 4.15.